The first kappa shape index (κ1) is 15.6. The second kappa shape index (κ2) is 5.90. The molecule has 0 aliphatic rings. The van der Waals surface area contributed by atoms with Crippen LogP contribution in [0.15, 0.2) is 35.1 Å². The molecule has 0 fully saturated rings. The van der Waals surface area contributed by atoms with E-state index in [1.807, 2.05) is 25.2 Å². The van der Waals surface area contributed by atoms with Crippen LogP contribution in [0.3, 0.4) is 0 Å². The van der Waals surface area contributed by atoms with E-state index < -0.39 is 0 Å². The molecule has 0 saturated carbocycles. The minimum atomic E-state index is 0.0154. The Morgan fingerprint density at radius 1 is 1.24 bits per heavy atom. The molecule has 0 aliphatic heterocycles. The minimum Gasteiger partial charge on any atom is -0.384 e. The van der Waals surface area contributed by atoms with Gasteiger partial charge in [-0.1, -0.05) is 32.0 Å². The van der Waals surface area contributed by atoms with E-state index in [9.17, 15) is 4.79 Å². The second-order valence-electron chi connectivity index (χ2n) is 6.73. The van der Waals surface area contributed by atoms with Crippen LogP contribution in [0.2, 0.25) is 0 Å². The Morgan fingerprint density at radius 3 is 2.57 bits per heavy atom. The number of anilines is 1. The standard InChI is InChI=1S/C17H25N3O/c1-17(2,12-19(3)4)11-18-14-10-16(21)20(5)15-9-7-6-8-13(14)15/h6-10,18H,11-12H2,1-5H3. The van der Waals surface area contributed by atoms with Gasteiger partial charge in [-0.05, 0) is 25.6 Å². The minimum absolute atomic E-state index is 0.0154. The van der Waals surface area contributed by atoms with Crippen molar-refractivity contribution in [2.24, 2.45) is 12.5 Å². The molecule has 1 aromatic carbocycles. The lowest BCUT2D eigenvalue weighted by Crippen LogP contribution is -2.34. The molecule has 2 rings (SSSR count). The van der Waals surface area contributed by atoms with E-state index in [1.54, 1.807) is 10.6 Å². The third-order valence-corrected chi connectivity index (χ3v) is 3.66. The largest absolute Gasteiger partial charge is 0.384 e. The number of aryl methyl sites for hydroxylation is 1. The summed E-state index contributed by atoms with van der Waals surface area (Å²) in [5, 5.41) is 4.54. The fourth-order valence-corrected chi connectivity index (χ4v) is 2.80. The maximum Gasteiger partial charge on any atom is 0.252 e. The molecule has 1 heterocycles. The van der Waals surface area contributed by atoms with Crippen LogP contribution in [-0.4, -0.2) is 36.7 Å². The van der Waals surface area contributed by atoms with Crippen LogP contribution in [0.5, 0.6) is 0 Å². The highest BCUT2D eigenvalue weighted by Gasteiger charge is 2.19. The molecule has 114 valence electrons. The smallest absolute Gasteiger partial charge is 0.252 e. The summed E-state index contributed by atoms with van der Waals surface area (Å²) < 4.78 is 1.69. The molecule has 0 spiro atoms. The topological polar surface area (TPSA) is 37.3 Å². The quantitative estimate of drug-likeness (QED) is 0.918. The van der Waals surface area contributed by atoms with E-state index >= 15 is 0 Å². The van der Waals surface area contributed by atoms with Crippen molar-refractivity contribution >= 4 is 16.6 Å². The van der Waals surface area contributed by atoms with Gasteiger partial charge in [0.2, 0.25) is 0 Å². The van der Waals surface area contributed by atoms with Gasteiger partial charge in [0.15, 0.2) is 0 Å². The molecular formula is C17H25N3O. The molecule has 0 unspecified atom stereocenters. The number of rotatable bonds is 5. The van der Waals surface area contributed by atoms with Crippen LogP contribution >= 0.6 is 0 Å². The number of aromatic nitrogens is 1. The molecule has 0 saturated heterocycles. The molecule has 4 nitrogen and oxygen atoms in total. The highest BCUT2D eigenvalue weighted by molar-refractivity contribution is 5.91. The Kier molecular flexibility index (Phi) is 4.37. The first-order valence-corrected chi connectivity index (χ1v) is 7.27. The highest BCUT2D eigenvalue weighted by atomic mass is 16.1. The molecule has 4 heteroatoms. The van der Waals surface area contributed by atoms with Crippen molar-refractivity contribution in [3.05, 3.63) is 40.7 Å². The van der Waals surface area contributed by atoms with Crippen LogP contribution in [-0.2, 0) is 7.05 Å². The van der Waals surface area contributed by atoms with Crippen molar-refractivity contribution in [2.75, 3.05) is 32.5 Å². The summed E-state index contributed by atoms with van der Waals surface area (Å²) in [7, 11) is 5.97. The maximum atomic E-state index is 12.1. The molecule has 2 aromatic rings. The Bertz CT molecular complexity index is 686. The van der Waals surface area contributed by atoms with Crippen molar-refractivity contribution < 1.29 is 0 Å². The average molecular weight is 287 g/mol. The fraction of sp³-hybridized carbons (Fsp3) is 0.471. The van der Waals surface area contributed by atoms with Gasteiger partial charge in [-0.25, -0.2) is 0 Å². The highest BCUT2D eigenvalue weighted by Crippen LogP contribution is 2.23. The average Bonchev–Trinajstić information content (AvgIpc) is 2.40. The SMILES string of the molecule is CN(C)CC(C)(C)CNc1cc(=O)n(C)c2ccccc12. The summed E-state index contributed by atoms with van der Waals surface area (Å²) in [6.07, 6.45) is 0. The lowest BCUT2D eigenvalue weighted by atomic mass is 9.93. The van der Waals surface area contributed by atoms with Gasteiger partial charge in [-0.3, -0.25) is 4.79 Å². The number of para-hydroxylation sites is 1. The van der Waals surface area contributed by atoms with Gasteiger partial charge in [0, 0.05) is 37.3 Å². The second-order valence-corrected chi connectivity index (χ2v) is 6.73. The van der Waals surface area contributed by atoms with Crippen molar-refractivity contribution in [1.29, 1.82) is 0 Å². The lowest BCUT2D eigenvalue weighted by Gasteiger charge is -2.29. The molecule has 21 heavy (non-hydrogen) atoms. The van der Waals surface area contributed by atoms with Crippen LogP contribution in [0, 0.1) is 5.41 Å². The van der Waals surface area contributed by atoms with Crippen molar-refractivity contribution in [2.45, 2.75) is 13.8 Å². The van der Waals surface area contributed by atoms with E-state index in [-0.39, 0.29) is 11.0 Å². The molecule has 0 amide bonds. The zero-order valence-corrected chi connectivity index (χ0v) is 13.6. The van der Waals surface area contributed by atoms with Gasteiger partial charge in [0.25, 0.3) is 5.56 Å². The number of nitrogens with one attached hydrogen (secondary N) is 1. The Balaban J connectivity index is 2.31. The number of hydrogen-bond acceptors (Lipinski definition) is 3. The Labute approximate surface area is 126 Å². The van der Waals surface area contributed by atoms with Gasteiger partial charge < -0.3 is 14.8 Å². The molecule has 0 radical (unpaired) electrons. The fourth-order valence-electron chi connectivity index (χ4n) is 2.80. The molecule has 0 bridgehead atoms. The number of nitrogens with zero attached hydrogens (tertiary/aromatic N) is 2. The number of benzene rings is 1. The van der Waals surface area contributed by atoms with Gasteiger partial charge in [0.05, 0.1) is 5.52 Å². The third-order valence-electron chi connectivity index (χ3n) is 3.66. The van der Waals surface area contributed by atoms with Gasteiger partial charge in [-0.2, -0.15) is 0 Å². The molecule has 0 atom stereocenters. The zero-order chi connectivity index (χ0) is 15.6. The van der Waals surface area contributed by atoms with Crippen molar-refractivity contribution in [3.8, 4) is 0 Å². The molecular weight excluding hydrogens is 262 g/mol. The van der Waals surface area contributed by atoms with E-state index in [4.69, 9.17) is 0 Å². The van der Waals surface area contributed by atoms with Crippen LogP contribution < -0.4 is 10.9 Å². The third kappa shape index (κ3) is 3.64. The van der Waals surface area contributed by atoms with Crippen LogP contribution in [0.25, 0.3) is 10.9 Å². The summed E-state index contributed by atoms with van der Waals surface area (Å²) >= 11 is 0. The van der Waals surface area contributed by atoms with E-state index in [0.29, 0.717) is 0 Å². The van der Waals surface area contributed by atoms with Crippen LogP contribution in [0.1, 0.15) is 13.8 Å². The van der Waals surface area contributed by atoms with E-state index in [2.05, 4.69) is 44.2 Å². The molecule has 1 aromatic heterocycles. The molecule has 0 aliphatic carbocycles. The predicted octanol–water partition coefficient (Wildman–Crippen LogP) is 2.54. The van der Waals surface area contributed by atoms with E-state index in [0.717, 1.165) is 29.7 Å². The number of hydrogen-bond donors (Lipinski definition) is 1. The predicted molar refractivity (Wildman–Crippen MR) is 90.0 cm³/mol. The first-order valence-electron chi connectivity index (χ1n) is 7.27. The Morgan fingerprint density at radius 2 is 1.90 bits per heavy atom. The lowest BCUT2D eigenvalue weighted by molar-refractivity contribution is 0.254. The van der Waals surface area contributed by atoms with Crippen molar-refractivity contribution in [3.63, 3.8) is 0 Å². The van der Waals surface area contributed by atoms with Crippen molar-refractivity contribution in [1.82, 2.24) is 9.47 Å². The Hall–Kier alpha value is -1.81. The maximum absolute atomic E-state index is 12.1. The van der Waals surface area contributed by atoms with Gasteiger partial charge >= 0.3 is 0 Å². The van der Waals surface area contributed by atoms with Gasteiger partial charge in [-0.15, -0.1) is 0 Å². The summed E-state index contributed by atoms with van der Waals surface area (Å²) in [5.74, 6) is 0. The number of fused-ring (bicyclic) bond motifs is 1. The van der Waals surface area contributed by atoms with Gasteiger partial charge in [0.1, 0.15) is 0 Å². The first-order chi connectivity index (χ1) is 9.80. The summed E-state index contributed by atoms with van der Waals surface area (Å²) in [6.45, 7) is 6.26. The molecule has 1 N–H and O–H groups in total. The monoisotopic (exact) mass is 287 g/mol. The van der Waals surface area contributed by atoms with E-state index in [1.165, 1.54) is 0 Å². The summed E-state index contributed by atoms with van der Waals surface area (Å²) in [4.78, 5) is 14.3. The normalized spacial score (nSPS) is 12.1. The van der Waals surface area contributed by atoms with Crippen LogP contribution in [0.4, 0.5) is 5.69 Å². The zero-order valence-electron chi connectivity index (χ0n) is 13.6. The number of pyridine rings is 1. The summed E-state index contributed by atoms with van der Waals surface area (Å²) in [6, 6.07) is 9.68. The summed E-state index contributed by atoms with van der Waals surface area (Å²) in [5.41, 5.74) is 2.02.